The van der Waals surface area contributed by atoms with E-state index in [1.165, 1.54) is 16.9 Å². The summed E-state index contributed by atoms with van der Waals surface area (Å²) in [5, 5.41) is 8.86. The lowest BCUT2D eigenvalue weighted by Crippen LogP contribution is -2.17. The Morgan fingerprint density at radius 1 is 1.10 bits per heavy atom. The van der Waals surface area contributed by atoms with Crippen LogP contribution in [-0.4, -0.2) is 20.7 Å². The molecule has 1 N–H and O–H groups in total. The Hall–Kier alpha value is -2.70. The Morgan fingerprint density at radius 3 is 2.62 bits per heavy atom. The number of benzene rings is 2. The molecule has 0 bridgehead atoms. The van der Waals surface area contributed by atoms with Gasteiger partial charge in [0.25, 0.3) is 0 Å². The average Bonchev–Trinajstić information content (AvgIpc) is 3.25. The first-order valence-electron chi connectivity index (χ1n) is 9.30. The molecule has 2 aromatic carbocycles. The monoisotopic (exact) mass is 424 g/mol. The number of hydrogen-bond acceptors (Lipinski definition) is 4. The maximum absolute atomic E-state index is 12.7. The highest BCUT2D eigenvalue weighted by atomic mass is 35.5. The number of halogens is 1. The van der Waals surface area contributed by atoms with Crippen molar-refractivity contribution in [2.75, 3.05) is 5.32 Å². The van der Waals surface area contributed by atoms with Crippen molar-refractivity contribution in [2.45, 2.75) is 34.1 Å². The van der Waals surface area contributed by atoms with Crippen LogP contribution in [0.5, 0.6) is 0 Å². The first-order valence-corrected chi connectivity index (χ1v) is 10.5. The summed E-state index contributed by atoms with van der Waals surface area (Å²) in [5.74, 6) is 0.513. The van der Waals surface area contributed by atoms with E-state index in [2.05, 4.69) is 16.5 Å². The molecule has 1 amide bonds. The lowest BCUT2D eigenvalue weighted by atomic mass is 10.0. The van der Waals surface area contributed by atoms with Gasteiger partial charge in [-0.1, -0.05) is 52.8 Å². The predicted molar refractivity (Wildman–Crippen MR) is 119 cm³/mol. The van der Waals surface area contributed by atoms with Gasteiger partial charge in [-0.15, -0.1) is 0 Å². The van der Waals surface area contributed by atoms with Crippen LogP contribution in [0.1, 0.15) is 27.9 Å². The molecule has 4 rings (SSSR count). The van der Waals surface area contributed by atoms with Gasteiger partial charge in [-0.3, -0.25) is 4.79 Å². The SMILES string of the molecule is Cc1ccc(CC(=O)Nc2cc(C)nn2-c2nc3c(C)ccc(Cl)c3s2)c(C)c1. The molecule has 4 aromatic rings. The molecule has 0 atom stereocenters. The van der Waals surface area contributed by atoms with E-state index < -0.39 is 0 Å². The second-order valence-electron chi connectivity index (χ2n) is 7.28. The second kappa shape index (κ2) is 7.61. The number of rotatable bonds is 4. The number of carbonyl (C=O) groups is 1. The molecule has 0 saturated carbocycles. The Morgan fingerprint density at radius 2 is 1.90 bits per heavy atom. The number of nitrogens with one attached hydrogen (secondary N) is 1. The van der Waals surface area contributed by atoms with Gasteiger partial charge in [0.15, 0.2) is 0 Å². The molecule has 5 nitrogen and oxygen atoms in total. The van der Waals surface area contributed by atoms with Crippen LogP contribution in [0.25, 0.3) is 15.3 Å². The smallest absolute Gasteiger partial charge is 0.229 e. The lowest BCUT2D eigenvalue weighted by Gasteiger charge is -2.09. The Bertz CT molecular complexity index is 1200. The number of carbonyl (C=O) groups excluding carboxylic acids is 1. The molecule has 0 spiro atoms. The molecular weight excluding hydrogens is 404 g/mol. The van der Waals surface area contributed by atoms with Gasteiger partial charge in [0, 0.05) is 6.07 Å². The number of amides is 1. The molecule has 0 aliphatic carbocycles. The maximum Gasteiger partial charge on any atom is 0.229 e. The third-order valence-electron chi connectivity index (χ3n) is 4.82. The van der Waals surface area contributed by atoms with Crippen LogP contribution in [0.4, 0.5) is 5.82 Å². The largest absolute Gasteiger partial charge is 0.310 e. The summed E-state index contributed by atoms with van der Waals surface area (Å²) in [6.07, 6.45) is 0.307. The van der Waals surface area contributed by atoms with Crippen molar-refractivity contribution in [3.63, 3.8) is 0 Å². The maximum atomic E-state index is 12.7. The molecule has 7 heteroatoms. The van der Waals surface area contributed by atoms with Crippen LogP contribution >= 0.6 is 22.9 Å². The van der Waals surface area contributed by atoms with E-state index in [-0.39, 0.29) is 5.91 Å². The zero-order valence-corrected chi connectivity index (χ0v) is 18.3. The highest BCUT2D eigenvalue weighted by Gasteiger charge is 2.17. The van der Waals surface area contributed by atoms with Gasteiger partial charge in [0.2, 0.25) is 11.0 Å². The summed E-state index contributed by atoms with van der Waals surface area (Å²) in [5.41, 5.74) is 6.02. The molecule has 0 aliphatic rings. The zero-order chi connectivity index (χ0) is 20.7. The standard InChI is InChI=1S/C22H21ClN4OS/c1-12-5-7-16(14(3)9-12)11-19(28)24-18-10-15(4)26-27(18)22-25-20-13(2)6-8-17(23)21(20)29-22/h5-10H,11H2,1-4H3,(H,24,28). The number of hydrogen-bond donors (Lipinski definition) is 1. The highest BCUT2D eigenvalue weighted by Crippen LogP contribution is 2.34. The van der Waals surface area contributed by atoms with Crippen molar-refractivity contribution in [3.8, 4) is 5.13 Å². The minimum Gasteiger partial charge on any atom is -0.310 e. The summed E-state index contributed by atoms with van der Waals surface area (Å²) in [4.78, 5) is 17.4. The lowest BCUT2D eigenvalue weighted by molar-refractivity contribution is -0.115. The Kier molecular flexibility index (Phi) is 5.15. The van der Waals surface area contributed by atoms with E-state index in [1.807, 2.05) is 58.0 Å². The minimum atomic E-state index is -0.0894. The van der Waals surface area contributed by atoms with Crippen molar-refractivity contribution < 1.29 is 4.79 Å². The van der Waals surface area contributed by atoms with Gasteiger partial charge in [0.1, 0.15) is 5.82 Å². The van der Waals surface area contributed by atoms with Crippen molar-refractivity contribution >= 4 is 44.9 Å². The molecule has 2 heterocycles. The van der Waals surface area contributed by atoms with Gasteiger partial charge >= 0.3 is 0 Å². The number of aromatic nitrogens is 3. The number of anilines is 1. The quantitative estimate of drug-likeness (QED) is 0.467. The normalized spacial score (nSPS) is 11.2. The summed E-state index contributed by atoms with van der Waals surface area (Å²) in [6, 6.07) is 11.8. The highest BCUT2D eigenvalue weighted by molar-refractivity contribution is 7.21. The first-order chi connectivity index (χ1) is 13.8. The van der Waals surface area contributed by atoms with Crippen LogP contribution in [0.15, 0.2) is 36.4 Å². The molecule has 0 radical (unpaired) electrons. The zero-order valence-electron chi connectivity index (χ0n) is 16.7. The van der Waals surface area contributed by atoms with Crippen molar-refractivity contribution in [3.05, 3.63) is 69.4 Å². The van der Waals surface area contributed by atoms with Crippen molar-refractivity contribution in [2.24, 2.45) is 0 Å². The summed E-state index contributed by atoms with van der Waals surface area (Å²) >= 11 is 7.81. The average molecular weight is 425 g/mol. The van der Waals surface area contributed by atoms with Gasteiger partial charge < -0.3 is 5.32 Å². The van der Waals surface area contributed by atoms with Crippen LogP contribution in [0.3, 0.4) is 0 Å². The predicted octanol–water partition coefficient (Wildman–Crippen LogP) is 5.55. The molecule has 0 aliphatic heterocycles. The van der Waals surface area contributed by atoms with E-state index in [0.717, 1.165) is 32.6 Å². The number of nitrogens with zero attached hydrogens (tertiary/aromatic N) is 3. The van der Waals surface area contributed by atoms with E-state index in [4.69, 9.17) is 16.6 Å². The molecule has 0 fully saturated rings. The minimum absolute atomic E-state index is 0.0894. The topological polar surface area (TPSA) is 59.8 Å². The van der Waals surface area contributed by atoms with Crippen LogP contribution in [-0.2, 0) is 11.2 Å². The second-order valence-corrected chi connectivity index (χ2v) is 8.66. The first kappa shape index (κ1) is 19.6. The summed E-state index contributed by atoms with van der Waals surface area (Å²) in [6.45, 7) is 7.96. The fourth-order valence-electron chi connectivity index (χ4n) is 3.32. The van der Waals surface area contributed by atoms with Gasteiger partial charge in [0.05, 0.1) is 27.4 Å². The number of fused-ring (bicyclic) bond motifs is 1. The summed E-state index contributed by atoms with van der Waals surface area (Å²) in [7, 11) is 0. The van der Waals surface area contributed by atoms with Crippen LogP contribution in [0.2, 0.25) is 5.02 Å². The van der Waals surface area contributed by atoms with Gasteiger partial charge in [-0.25, -0.2) is 4.98 Å². The molecule has 2 aromatic heterocycles. The summed E-state index contributed by atoms with van der Waals surface area (Å²) < 4.78 is 2.60. The van der Waals surface area contributed by atoms with E-state index >= 15 is 0 Å². The number of thiazole rings is 1. The third-order valence-corrected chi connectivity index (χ3v) is 6.31. The Balaban J connectivity index is 1.64. The fraction of sp³-hybridized carbons (Fsp3) is 0.227. The van der Waals surface area contributed by atoms with Crippen LogP contribution in [0, 0.1) is 27.7 Å². The van der Waals surface area contributed by atoms with E-state index in [9.17, 15) is 4.79 Å². The molecule has 0 saturated heterocycles. The molecular formula is C22H21ClN4OS. The van der Waals surface area contributed by atoms with E-state index in [1.54, 1.807) is 4.68 Å². The van der Waals surface area contributed by atoms with Crippen molar-refractivity contribution in [1.82, 2.24) is 14.8 Å². The van der Waals surface area contributed by atoms with E-state index in [0.29, 0.717) is 22.4 Å². The van der Waals surface area contributed by atoms with Crippen molar-refractivity contribution in [1.29, 1.82) is 0 Å². The van der Waals surface area contributed by atoms with Gasteiger partial charge in [-0.05, 0) is 50.5 Å². The molecule has 148 valence electrons. The van der Waals surface area contributed by atoms with Gasteiger partial charge in [-0.2, -0.15) is 9.78 Å². The van der Waals surface area contributed by atoms with Crippen LogP contribution < -0.4 is 5.32 Å². The molecule has 29 heavy (non-hydrogen) atoms. The number of aryl methyl sites for hydroxylation is 4. The third kappa shape index (κ3) is 3.91. The fourth-order valence-corrected chi connectivity index (χ4v) is 4.60. The molecule has 0 unspecified atom stereocenters. The Labute approximate surface area is 178 Å².